The number of rotatable bonds is 3. The van der Waals surface area contributed by atoms with E-state index < -0.39 is 11.7 Å². The summed E-state index contributed by atoms with van der Waals surface area (Å²) in [7, 11) is 0. The highest BCUT2D eigenvalue weighted by Gasteiger charge is 2.31. The van der Waals surface area contributed by atoms with E-state index in [2.05, 4.69) is 26.2 Å². The average molecular weight is 348 g/mol. The van der Waals surface area contributed by atoms with Crippen molar-refractivity contribution in [1.82, 2.24) is 9.55 Å². The Morgan fingerprint density at radius 3 is 2.55 bits per heavy atom. The number of halogens is 4. The lowest BCUT2D eigenvalue weighted by Crippen LogP contribution is -2.14. The van der Waals surface area contributed by atoms with E-state index in [1.165, 1.54) is 0 Å². The molecule has 1 heterocycles. The maximum absolute atomic E-state index is 12.8. The molecule has 7 heteroatoms. The van der Waals surface area contributed by atoms with Crippen molar-refractivity contribution >= 4 is 21.9 Å². The zero-order chi connectivity index (χ0) is 14.9. The van der Waals surface area contributed by atoms with Gasteiger partial charge < -0.3 is 5.32 Å². The first kappa shape index (κ1) is 14.9. The Hall–Kier alpha value is -1.50. The molecular formula is C13H13BrF3N3. The summed E-state index contributed by atoms with van der Waals surface area (Å²) >= 11 is 3.11. The van der Waals surface area contributed by atoms with Gasteiger partial charge in [0.1, 0.15) is 0 Å². The number of nitrogens with one attached hydrogen (secondary N) is 1. The number of anilines is 1. The highest BCUT2D eigenvalue weighted by atomic mass is 79.9. The third kappa shape index (κ3) is 3.33. The summed E-state index contributed by atoms with van der Waals surface area (Å²) in [6.45, 7) is 3.86. The third-order valence-corrected chi connectivity index (χ3v) is 3.00. The molecule has 2 rings (SSSR count). The molecule has 0 amide bonds. The van der Waals surface area contributed by atoms with Crippen LogP contribution in [-0.4, -0.2) is 15.6 Å². The monoisotopic (exact) mass is 347 g/mol. The van der Waals surface area contributed by atoms with Gasteiger partial charge in [0, 0.05) is 22.9 Å². The van der Waals surface area contributed by atoms with E-state index in [0.717, 1.165) is 12.1 Å². The molecule has 0 saturated carbocycles. The summed E-state index contributed by atoms with van der Waals surface area (Å²) < 4.78 is 40.5. The van der Waals surface area contributed by atoms with Crippen LogP contribution in [0.25, 0.3) is 5.69 Å². The van der Waals surface area contributed by atoms with Gasteiger partial charge in [0.2, 0.25) is 5.95 Å². The van der Waals surface area contributed by atoms with E-state index in [0.29, 0.717) is 16.1 Å². The number of nitrogens with zero attached hydrogens (tertiary/aromatic N) is 2. The molecule has 2 aromatic rings. The molecule has 20 heavy (non-hydrogen) atoms. The maximum Gasteiger partial charge on any atom is 0.416 e. The van der Waals surface area contributed by atoms with Gasteiger partial charge in [-0.2, -0.15) is 13.2 Å². The van der Waals surface area contributed by atoms with Crippen molar-refractivity contribution in [3.63, 3.8) is 0 Å². The van der Waals surface area contributed by atoms with E-state index >= 15 is 0 Å². The fraction of sp³-hybridized carbons (Fsp3) is 0.308. The molecule has 0 aliphatic carbocycles. The van der Waals surface area contributed by atoms with Crippen molar-refractivity contribution in [2.75, 3.05) is 5.32 Å². The molecule has 1 aromatic carbocycles. The van der Waals surface area contributed by atoms with E-state index in [4.69, 9.17) is 0 Å². The number of hydrogen-bond acceptors (Lipinski definition) is 2. The van der Waals surface area contributed by atoms with Crippen LogP contribution in [0, 0.1) is 0 Å². The summed E-state index contributed by atoms with van der Waals surface area (Å²) in [5.74, 6) is 0.506. The van der Waals surface area contributed by atoms with Gasteiger partial charge in [0.25, 0.3) is 0 Å². The molecule has 0 saturated heterocycles. The van der Waals surface area contributed by atoms with Crippen LogP contribution < -0.4 is 5.32 Å². The van der Waals surface area contributed by atoms with Crippen LogP contribution in [0.15, 0.2) is 35.1 Å². The van der Waals surface area contributed by atoms with Gasteiger partial charge in [-0.3, -0.25) is 4.57 Å². The zero-order valence-corrected chi connectivity index (χ0v) is 12.5. The Kier molecular flexibility index (Phi) is 4.08. The Balaban J connectivity index is 2.48. The van der Waals surface area contributed by atoms with Gasteiger partial charge in [0.05, 0.1) is 11.3 Å². The highest BCUT2D eigenvalue weighted by Crippen LogP contribution is 2.33. The molecule has 0 atom stereocenters. The number of aromatic nitrogens is 2. The Bertz CT molecular complexity index is 605. The zero-order valence-electron chi connectivity index (χ0n) is 10.9. The van der Waals surface area contributed by atoms with Crippen LogP contribution in [0.3, 0.4) is 0 Å². The van der Waals surface area contributed by atoms with E-state index in [-0.39, 0.29) is 6.04 Å². The molecule has 0 unspecified atom stereocenters. The minimum atomic E-state index is -4.38. The van der Waals surface area contributed by atoms with Gasteiger partial charge in [-0.05, 0) is 32.0 Å². The van der Waals surface area contributed by atoms with E-state index in [1.54, 1.807) is 23.0 Å². The fourth-order valence-electron chi connectivity index (χ4n) is 1.75. The van der Waals surface area contributed by atoms with Crippen molar-refractivity contribution in [2.45, 2.75) is 26.1 Å². The Morgan fingerprint density at radius 2 is 1.95 bits per heavy atom. The largest absolute Gasteiger partial charge is 0.416 e. The van der Waals surface area contributed by atoms with Crippen LogP contribution in [0.4, 0.5) is 19.1 Å². The number of benzene rings is 1. The molecular weight excluding hydrogens is 335 g/mol. The molecule has 1 N–H and O–H groups in total. The smallest absolute Gasteiger partial charge is 0.353 e. The van der Waals surface area contributed by atoms with Gasteiger partial charge in [-0.1, -0.05) is 15.9 Å². The second-order valence-corrected chi connectivity index (χ2v) is 5.53. The van der Waals surface area contributed by atoms with Crippen LogP contribution in [0.2, 0.25) is 0 Å². The average Bonchev–Trinajstić information content (AvgIpc) is 2.74. The standard InChI is InChI=1S/C13H13BrF3N3/c1-8(2)19-12-18-3-4-20(12)11-6-9(13(15,16)17)5-10(14)7-11/h3-8H,1-2H3,(H,18,19). The van der Waals surface area contributed by atoms with Crippen molar-refractivity contribution in [2.24, 2.45) is 0 Å². The van der Waals surface area contributed by atoms with E-state index in [1.807, 2.05) is 13.8 Å². The van der Waals surface area contributed by atoms with Crippen molar-refractivity contribution in [3.05, 3.63) is 40.6 Å². The van der Waals surface area contributed by atoms with Crippen LogP contribution in [0.1, 0.15) is 19.4 Å². The molecule has 0 spiro atoms. The molecule has 0 aliphatic heterocycles. The van der Waals surface area contributed by atoms with Crippen molar-refractivity contribution in [3.8, 4) is 5.69 Å². The molecule has 0 radical (unpaired) electrons. The second kappa shape index (κ2) is 5.47. The summed E-state index contributed by atoms with van der Waals surface area (Å²) in [6.07, 6.45) is -1.23. The quantitative estimate of drug-likeness (QED) is 0.887. The highest BCUT2D eigenvalue weighted by molar-refractivity contribution is 9.10. The molecule has 0 bridgehead atoms. The van der Waals surface area contributed by atoms with Crippen LogP contribution in [0.5, 0.6) is 0 Å². The van der Waals surface area contributed by atoms with Gasteiger partial charge >= 0.3 is 6.18 Å². The second-order valence-electron chi connectivity index (χ2n) is 4.62. The predicted octanol–water partition coefficient (Wildman–Crippen LogP) is 4.47. The lowest BCUT2D eigenvalue weighted by Gasteiger charge is -2.14. The fourth-order valence-corrected chi connectivity index (χ4v) is 2.23. The molecule has 1 aromatic heterocycles. The van der Waals surface area contributed by atoms with Gasteiger partial charge in [-0.15, -0.1) is 0 Å². The normalized spacial score (nSPS) is 11.9. The Morgan fingerprint density at radius 1 is 1.25 bits per heavy atom. The SMILES string of the molecule is CC(C)Nc1nccn1-c1cc(Br)cc(C(F)(F)F)c1. The first-order chi connectivity index (χ1) is 9.27. The predicted molar refractivity (Wildman–Crippen MR) is 75.0 cm³/mol. The minimum Gasteiger partial charge on any atom is -0.353 e. The van der Waals surface area contributed by atoms with E-state index in [9.17, 15) is 13.2 Å². The minimum absolute atomic E-state index is 0.130. The third-order valence-electron chi connectivity index (χ3n) is 2.55. The first-order valence-electron chi connectivity index (χ1n) is 5.95. The summed E-state index contributed by atoms with van der Waals surface area (Å²) in [6, 6.07) is 3.89. The van der Waals surface area contributed by atoms with Crippen molar-refractivity contribution < 1.29 is 13.2 Å². The van der Waals surface area contributed by atoms with Gasteiger partial charge in [0.15, 0.2) is 0 Å². The van der Waals surface area contributed by atoms with Crippen molar-refractivity contribution in [1.29, 1.82) is 0 Å². The molecule has 0 aliphatic rings. The molecule has 0 fully saturated rings. The van der Waals surface area contributed by atoms with Gasteiger partial charge in [-0.25, -0.2) is 4.98 Å². The van der Waals surface area contributed by atoms with Crippen LogP contribution in [-0.2, 0) is 6.18 Å². The number of imidazole rings is 1. The van der Waals surface area contributed by atoms with Crippen LogP contribution >= 0.6 is 15.9 Å². The summed E-state index contributed by atoms with van der Waals surface area (Å²) in [5.41, 5.74) is -0.307. The maximum atomic E-state index is 12.8. The number of alkyl halides is 3. The first-order valence-corrected chi connectivity index (χ1v) is 6.74. The topological polar surface area (TPSA) is 29.9 Å². The number of hydrogen-bond donors (Lipinski definition) is 1. The lowest BCUT2D eigenvalue weighted by molar-refractivity contribution is -0.137. The Labute approximate surface area is 123 Å². The summed E-state index contributed by atoms with van der Waals surface area (Å²) in [4.78, 5) is 4.11. The summed E-state index contributed by atoms with van der Waals surface area (Å²) in [5, 5.41) is 3.08. The molecule has 108 valence electrons. The lowest BCUT2D eigenvalue weighted by atomic mass is 10.2. The molecule has 3 nitrogen and oxygen atoms in total.